The van der Waals surface area contributed by atoms with Gasteiger partial charge in [0.25, 0.3) is 0 Å². The average Bonchev–Trinajstić information content (AvgIpc) is 3.33. The van der Waals surface area contributed by atoms with E-state index in [4.69, 9.17) is 9.15 Å². The summed E-state index contributed by atoms with van der Waals surface area (Å²) in [5.41, 5.74) is 0.846. The summed E-state index contributed by atoms with van der Waals surface area (Å²) in [6.07, 6.45) is 4.68. The standard InChI is InChI=1S/C19H24N2O3/c1-12(17-10-14-4-2-3-5-16(14)24-17)20-19(22)21-15-8-9-23-18(11-15)13-6-7-13/h2-5,10,12-13,15,18H,6-9,11H2,1H3,(H2,20,21,22)/t12-,15+,18+/m0/s1. The molecule has 1 saturated carbocycles. The predicted molar refractivity (Wildman–Crippen MR) is 91.8 cm³/mol. The fraction of sp³-hybridized carbons (Fsp3) is 0.526. The molecule has 5 nitrogen and oxygen atoms in total. The molecule has 1 aliphatic carbocycles. The number of hydrogen-bond acceptors (Lipinski definition) is 3. The van der Waals surface area contributed by atoms with Gasteiger partial charge in [-0.15, -0.1) is 0 Å². The molecule has 128 valence electrons. The van der Waals surface area contributed by atoms with Crippen LogP contribution in [-0.4, -0.2) is 24.8 Å². The molecule has 1 aromatic carbocycles. The van der Waals surface area contributed by atoms with Crippen molar-refractivity contribution in [3.8, 4) is 0 Å². The molecule has 0 radical (unpaired) electrons. The lowest BCUT2D eigenvalue weighted by atomic mass is 10.0. The number of hydrogen-bond donors (Lipinski definition) is 2. The van der Waals surface area contributed by atoms with Gasteiger partial charge in [-0.1, -0.05) is 18.2 Å². The quantitative estimate of drug-likeness (QED) is 0.898. The Morgan fingerprint density at radius 3 is 2.88 bits per heavy atom. The van der Waals surface area contributed by atoms with Crippen molar-refractivity contribution in [2.75, 3.05) is 6.61 Å². The predicted octanol–water partition coefficient (Wildman–Crippen LogP) is 3.75. The first kappa shape index (κ1) is 15.5. The van der Waals surface area contributed by atoms with E-state index in [0.717, 1.165) is 36.2 Å². The van der Waals surface area contributed by atoms with Crippen LogP contribution in [-0.2, 0) is 4.74 Å². The number of benzene rings is 1. The Hall–Kier alpha value is -2.01. The molecule has 2 fully saturated rings. The van der Waals surface area contributed by atoms with Crippen molar-refractivity contribution in [3.05, 3.63) is 36.1 Å². The molecule has 1 aromatic heterocycles. The molecule has 2 heterocycles. The summed E-state index contributed by atoms with van der Waals surface area (Å²) in [7, 11) is 0. The summed E-state index contributed by atoms with van der Waals surface area (Å²) in [6, 6.07) is 9.75. The van der Waals surface area contributed by atoms with Crippen LogP contribution in [0.15, 0.2) is 34.7 Å². The Kier molecular flexibility index (Phi) is 4.19. The van der Waals surface area contributed by atoms with E-state index in [-0.39, 0.29) is 18.1 Å². The number of rotatable bonds is 4. The maximum absolute atomic E-state index is 12.3. The van der Waals surface area contributed by atoms with Crippen molar-refractivity contribution in [2.24, 2.45) is 5.92 Å². The minimum Gasteiger partial charge on any atom is -0.459 e. The zero-order chi connectivity index (χ0) is 16.5. The van der Waals surface area contributed by atoms with Crippen molar-refractivity contribution >= 4 is 17.0 Å². The first-order chi connectivity index (χ1) is 11.7. The van der Waals surface area contributed by atoms with Crippen LogP contribution < -0.4 is 10.6 Å². The van der Waals surface area contributed by atoms with Gasteiger partial charge in [0.2, 0.25) is 0 Å². The highest BCUT2D eigenvalue weighted by atomic mass is 16.5. The van der Waals surface area contributed by atoms with Gasteiger partial charge in [-0.2, -0.15) is 0 Å². The topological polar surface area (TPSA) is 63.5 Å². The Balaban J connectivity index is 1.33. The van der Waals surface area contributed by atoms with Gasteiger partial charge in [-0.3, -0.25) is 0 Å². The van der Waals surface area contributed by atoms with Gasteiger partial charge in [-0.25, -0.2) is 4.79 Å². The molecule has 0 spiro atoms. The number of furan rings is 1. The Bertz CT molecular complexity index is 689. The van der Waals surface area contributed by atoms with E-state index >= 15 is 0 Å². The van der Waals surface area contributed by atoms with Crippen molar-refractivity contribution in [2.45, 2.75) is 50.8 Å². The maximum atomic E-state index is 12.3. The number of nitrogens with one attached hydrogen (secondary N) is 2. The van der Waals surface area contributed by atoms with E-state index in [1.165, 1.54) is 12.8 Å². The number of ether oxygens (including phenoxy) is 1. The molecule has 2 aromatic rings. The van der Waals surface area contributed by atoms with Crippen LogP contribution in [0.5, 0.6) is 0 Å². The number of amides is 2. The molecular weight excluding hydrogens is 304 g/mol. The number of para-hydroxylation sites is 1. The number of urea groups is 1. The van der Waals surface area contributed by atoms with E-state index in [1.807, 2.05) is 37.3 Å². The average molecular weight is 328 g/mol. The lowest BCUT2D eigenvalue weighted by Crippen LogP contribution is -2.47. The van der Waals surface area contributed by atoms with Crippen molar-refractivity contribution in [3.63, 3.8) is 0 Å². The highest BCUT2D eigenvalue weighted by molar-refractivity contribution is 5.78. The molecule has 2 aliphatic rings. The van der Waals surface area contributed by atoms with Gasteiger partial charge in [0.15, 0.2) is 0 Å². The summed E-state index contributed by atoms with van der Waals surface area (Å²) in [4.78, 5) is 12.3. The molecule has 5 heteroatoms. The smallest absolute Gasteiger partial charge is 0.315 e. The summed E-state index contributed by atoms with van der Waals surface area (Å²) < 4.78 is 11.6. The van der Waals surface area contributed by atoms with Gasteiger partial charge in [-0.05, 0) is 50.7 Å². The maximum Gasteiger partial charge on any atom is 0.315 e. The van der Waals surface area contributed by atoms with Gasteiger partial charge in [0, 0.05) is 18.0 Å². The first-order valence-corrected chi connectivity index (χ1v) is 8.86. The molecule has 1 saturated heterocycles. The molecule has 3 atom stereocenters. The lowest BCUT2D eigenvalue weighted by Gasteiger charge is -2.30. The van der Waals surface area contributed by atoms with Crippen LogP contribution in [0.3, 0.4) is 0 Å². The third kappa shape index (κ3) is 3.41. The summed E-state index contributed by atoms with van der Waals surface area (Å²) in [5, 5.41) is 7.13. The van der Waals surface area contributed by atoms with E-state index in [2.05, 4.69) is 10.6 Å². The molecule has 0 bridgehead atoms. The van der Waals surface area contributed by atoms with Crippen LogP contribution >= 0.6 is 0 Å². The monoisotopic (exact) mass is 328 g/mol. The van der Waals surface area contributed by atoms with E-state index in [0.29, 0.717) is 12.0 Å². The fourth-order valence-corrected chi connectivity index (χ4v) is 3.47. The van der Waals surface area contributed by atoms with Crippen molar-refractivity contribution < 1.29 is 13.9 Å². The largest absolute Gasteiger partial charge is 0.459 e. The van der Waals surface area contributed by atoms with Crippen LogP contribution in [0.2, 0.25) is 0 Å². The van der Waals surface area contributed by atoms with Crippen molar-refractivity contribution in [1.82, 2.24) is 10.6 Å². The normalized spacial score (nSPS) is 25.4. The van der Waals surface area contributed by atoms with Crippen molar-refractivity contribution in [1.29, 1.82) is 0 Å². The number of carbonyl (C=O) groups excluding carboxylic acids is 1. The molecule has 0 unspecified atom stereocenters. The third-order valence-corrected chi connectivity index (χ3v) is 5.02. The SMILES string of the molecule is C[C@H](NC(=O)N[C@@H]1CCO[C@@H](C2CC2)C1)c1cc2ccccc2o1. The minimum atomic E-state index is -0.170. The van der Waals surface area contributed by atoms with Crippen LogP contribution in [0.4, 0.5) is 4.79 Å². The second-order valence-corrected chi connectivity index (χ2v) is 6.99. The first-order valence-electron chi connectivity index (χ1n) is 8.86. The van der Waals surface area contributed by atoms with Gasteiger partial charge in [0.1, 0.15) is 11.3 Å². The Morgan fingerprint density at radius 2 is 2.08 bits per heavy atom. The second kappa shape index (κ2) is 6.48. The van der Waals surface area contributed by atoms with Crippen LogP contribution in [0, 0.1) is 5.92 Å². The number of fused-ring (bicyclic) bond motifs is 1. The van der Waals surface area contributed by atoms with Crippen LogP contribution in [0.1, 0.15) is 44.4 Å². The summed E-state index contributed by atoms with van der Waals surface area (Å²) >= 11 is 0. The Labute approximate surface area is 141 Å². The van der Waals surface area contributed by atoms with Gasteiger partial charge < -0.3 is 19.8 Å². The number of carbonyl (C=O) groups is 1. The summed E-state index contributed by atoms with van der Waals surface area (Å²) in [6.45, 7) is 2.68. The highest BCUT2D eigenvalue weighted by Gasteiger charge is 2.36. The molecular formula is C19H24N2O3. The zero-order valence-electron chi connectivity index (χ0n) is 14.0. The molecule has 4 rings (SSSR count). The van der Waals surface area contributed by atoms with Gasteiger partial charge in [0.05, 0.1) is 12.1 Å². The zero-order valence-corrected chi connectivity index (χ0v) is 14.0. The Morgan fingerprint density at radius 1 is 1.25 bits per heavy atom. The van der Waals surface area contributed by atoms with E-state index in [9.17, 15) is 4.79 Å². The van der Waals surface area contributed by atoms with Crippen LogP contribution in [0.25, 0.3) is 11.0 Å². The highest BCUT2D eigenvalue weighted by Crippen LogP contribution is 2.38. The third-order valence-electron chi connectivity index (χ3n) is 5.02. The summed E-state index contributed by atoms with van der Waals surface area (Å²) in [5.74, 6) is 1.49. The lowest BCUT2D eigenvalue weighted by molar-refractivity contribution is -0.00918. The van der Waals surface area contributed by atoms with Gasteiger partial charge >= 0.3 is 6.03 Å². The van der Waals surface area contributed by atoms with E-state index in [1.54, 1.807) is 0 Å². The molecule has 2 amide bonds. The molecule has 2 N–H and O–H groups in total. The second-order valence-electron chi connectivity index (χ2n) is 6.99. The fourth-order valence-electron chi connectivity index (χ4n) is 3.47. The molecule has 1 aliphatic heterocycles. The minimum absolute atomic E-state index is 0.135. The molecule has 24 heavy (non-hydrogen) atoms. The van der Waals surface area contributed by atoms with E-state index < -0.39 is 0 Å².